The molecule has 0 aromatic carbocycles. The number of ether oxygens (including phenoxy) is 4. The van der Waals surface area contributed by atoms with E-state index in [4.69, 9.17) is 18.9 Å². The van der Waals surface area contributed by atoms with Crippen molar-refractivity contribution in [2.24, 2.45) is 13.0 Å². The van der Waals surface area contributed by atoms with Crippen LogP contribution in [0.2, 0.25) is 0 Å². The van der Waals surface area contributed by atoms with Crippen LogP contribution in [-0.2, 0) is 21.3 Å². The van der Waals surface area contributed by atoms with Crippen LogP contribution in [0.1, 0.15) is 49.0 Å². The van der Waals surface area contributed by atoms with Crippen molar-refractivity contribution >= 4 is 5.91 Å². The number of rotatable bonds is 6. The van der Waals surface area contributed by atoms with Crippen molar-refractivity contribution in [3.05, 3.63) is 24.3 Å². The fraction of sp³-hybridized carbons (Fsp3) is 0.667. The van der Waals surface area contributed by atoms with Gasteiger partial charge in [0.05, 0.1) is 32.3 Å². The molecule has 1 aliphatic carbocycles. The zero-order valence-electron chi connectivity index (χ0n) is 19.9. The van der Waals surface area contributed by atoms with Crippen molar-refractivity contribution in [3.8, 4) is 17.4 Å². The molecule has 3 aliphatic rings. The van der Waals surface area contributed by atoms with Crippen molar-refractivity contribution in [2.75, 3.05) is 40.1 Å². The van der Waals surface area contributed by atoms with Crippen LogP contribution in [0.4, 0.5) is 0 Å². The molecule has 0 N–H and O–H groups in total. The topological polar surface area (TPSA) is 101 Å². The molecule has 0 atom stereocenters. The summed E-state index contributed by atoms with van der Waals surface area (Å²) >= 11 is 0. The Hall–Kier alpha value is -2.56. The minimum atomic E-state index is -0.451. The number of carbonyl (C=O) groups excluding carboxylic acids is 1. The highest BCUT2D eigenvalue weighted by Crippen LogP contribution is 2.37. The molecule has 1 amide bonds. The molecule has 2 saturated heterocycles. The fourth-order valence-corrected chi connectivity index (χ4v) is 4.97. The molecule has 2 aromatic rings. The van der Waals surface area contributed by atoms with E-state index in [9.17, 15) is 4.79 Å². The second-order valence-electron chi connectivity index (χ2n) is 9.43. The van der Waals surface area contributed by atoms with E-state index >= 15 is 0 Å². The highest BCUT2D eigenvalue weighted by Gasteiger charge is 2.42. The van der Waals surface area contributed by atoms with Gasteiger partial charge in [0.15, 0.2) is 11.6 Å². The lowest BCUT2D eigenvalue weighted by atomic mass is 9.89. The molecule has 4 heterocycles. The molecule has 3 fully saturated rings. The first kappa shape index (κ1) is 23.2. The molecular weight excluding hydrogens is 438 g/mol. The first-order valence-corrected chi connectivity index (χ1v) is 12.1. The molecule has 2 aliphatic heterocycles. The molecule has 1 saturated carbocycles. The van der Waals surface area contributed by atoms with Crippen LogP contribution in [0.5, 0.6) is 5.88 Å². The summed E-state index contributed by atoms with van der Waals surface area (Å²) in [6, 6.07) is 1.76. The molecule has 2 aromatic heterocycles. The predicted octanol–water partition coefficient (Wildman–Crippen LogP) is 2.44. The summed E-state index contributed by atoms with van der Waals surface area (Å²) in [4.78, 5) is 28.7. The van der Waals surface area contributed by atoms with Crippen molar-refractivity contribution < 1.29 is 23.7 Å². The van der Waals surface area contributed by atoms with E-state index in [2.05, 4.69) is 15.0 Å². The lowest BCUT2D eigenvalue weighted by molar-refractivity contribution is -0.182. The van der Waals surface area contributed by atoms with Crippen LogP contribution in [0.3, 0.4) is 0 Å². The Morgan fingerprint density at radius 3 is 2.56 bits per heavy atom. The third kappa shape index (κ3) is 4.94. The SMILES string of the molecule is CN(C(=O)c1cc(OCC2CCOCC2)nc(-c2cncn2C)n1)C1CCC2(CC1)OCCO2. The van der Waals surface area contributed by atoms with Gasteiger partial charge < -0.3 is 28.4 Å². The molecular formula is C24H33N5O5. The van der Waals surface area contributed by atoms with Gasteiger partial charge in [-0.25, -0.2) is 9.97 Å². The van der Waals surface area contributed by atoms with Crippen LogP contribution < -0.4 is 4.74 Å². The maximum absolute atomic E-state index is 13.5. The van der Waals surface area contributed by atoms with Gasteiger partial charge >= 0.3 is 0 Å². The van der Waals surface area contributed by atoms with Crippen LogP contribution in [-0.4, -0.2) is 82.2 Å². The smallest absolute Gasteiger partial charge is 0.272 e. The highest BCUT2D eigenvalue weighted by molar-refractivity contribution is 5.93. The van der Waals surface area contributed by atoms with Gasteiger partial charge in [0, 0.05) is 52.3 Å². The van der Waals surface area contributed by atoms with Gasteiger partial charge in [-0.2, -0.15) is 4.98 Å². The monoisotopic (exact) mass is 471 g/mol. The first-order valence-electron chi connectivity index (χ1n) is 12.1. The van der Waals surface area contributed by atoms with Crippen LogP contribution in [0.25, 0.3) is 11.5 Å². The van der Waals surface area contributed by atoms with Crippen LogP contribution >= 0.6 is 0 Å². The van der Waals surface area contributed by atoms with Crippen molar-refractivity contribution in [2.45, 2.75) is 50.4 Å². The molecule has 10 nitrogen and oxygen atoms in total. The quantitative estimate of drug-likeness (QED) is 0.633. The van der Waals surface area contributed by atoms with E-state index in [0.29, 0.717) is 43.1 Å². The summed E-state index contributed by atoms with van der Waals surface area (Å²) in [6.07, 6.45) is 8.54. The van der Waals surface area contributed by atoms with Crippen LogP contribution in [0, 0.1) is 5.92 Å². The molecule has 0 bridgehead atoms. The number of amides is 1. The van der Waals surface area contributed by atoms with Gasteiger partial charge in [0.1, 0.15) is 11.4 Å². The number of nitrogens with zero attached hydrogens (tertiary/aromatic N) is 5. The highest BCUT2D eigenvalue weighted by atomic mass is 16.7. The second kappa shape index (κ2) is 9.97. The zero-order chi connectivity index (χ0) is 23.5. The third-order valence-corrected chi connectivity index (χ3v) is 7.17. The van der Waals surface area contributed by atoms with Crippen molar-refractivity contribution in [3.63, 3.8) is 0 Å². The Morgan fingerprint density at radius 1 is 1.15 bits per heavy atom. The Bertz CT molecular complexity index is 989. The molecule has 0 unspecified atom stereocenters. The minimum Gasteiger partial charge on any atom is -0.477 e. The van der Waals surface area contributed by atoms with E-state index in [-0.39, 0.29) is 11.9 Å². The van der Waals surface area contributed by atoms with E-state index < -0.39 is 5.79 Å². The lowest BCUT2D eigenvalue weighted by Gasteiger charge is -2.38. The number of aromatic nitrogens is 4. The molecule has 1 spiro atoms. The average Bonchev–Trinajstić information content (AvgIpc) is 3.52. The maximum Gasteiger partial charge on any atom is 0.272 e. The lowest BCUT2D eigenvalue weighted by Crippen LogP contribution is -2.45. The van der Waals surface area contributed by atoms with Crippen molar-refractivity contribution in [1.29, 1.82) is 0 Å². The van der Waals surface area contributed by atoms with Gasteiger partial charge in [-0.15, -0.1) is 0 Å². The van der Waals surface area contributed by atoms with E-state index in [1.807, 2.05) is 18.7 Å². The minimum absolute atomic E-state index is 0.104. The summed E-state index contributed by atoms with van der Waals surface area (Å²) in [6.45, 7) is 3.34. The Balaban J connectivity index is 1.33. The van der Waals surface area contributed by atoms with E-state index in [0.717, 1.165) is 57.4 Å². The van der Waals surface area contributed by atoms with Crippen LogP contribution in [0.15, 0.2) is 18.6 Å². The van der Waals surface area contributed by atoms with E-state index in [1.165, 1.54) is 0 Å². The number of hydrogen-bond acceptors (Lipinski definition) is 8. The summed E-state index contributed by atoms with van der Waals surface area (Å²) in [5, 5.41) is 0. The summed E-state index contributed by atoms with van der Waals surface area (Å²) in [5.41, 5.74) is 1.05. The molecule has 184 valence electrons. The van der Waals surface area contributed by atoms with Gasteiger partial charge in [0.25, 0.3) is 5.91 Å². The molecule has 0 radical (unpaired) electrons. The number of hydrogen-bond donors (Lipinski definition) is 0. The third-order valence-electron chi connectivity index (χ3n) is 7.17. The summed E-state index contributed by atoms with van der Waals surface area (Å²) in [7, 11) is 3.72. The largest absolute Gasteiger partial charge is 0.477 e. The summed E-state index contributed by atoms with van der Waals surface area (Å²) < 4.78 is 25.0. The normalized spacial score (nSPS) is 21.1. The first-order chi connectivity index (χ1) is 16.5. The van der Waals surface area contributed by atoms with Gasteiger partial charge in [0.2, 0.25) is 5.88 Å². The second-order valence-corrected chi connectivity index (χ2v) is 9.43. The number of aryl methyl sites for hydroxylation is 1. The fourth-order valence-electron chi connectivity index (χ4n) is 4.97. The molecule has 10 heteroatoms. The summed E-state index contributed by atoms with van der Waals surface area (Å²) in [5.74, 6) is 0.658. The molecule has 5 rings (SSSR count). The Morgan fingerprint density at radius 2 is 1.88 bits per heavy atom. The zero-order valence-corrected chi connectivity index (χ0v) is 19.9. The van der Waals surface area contributed by atoms with E-state index in [1.54, 1.807) is 23.5 Å². The number of imidazole rings is 1. The van der Waals surface area contributed by atoms with Gasteiger partial charge in [-0.3, -0.25) is 4.79 Å². The number of carbonyl (C=O) groups is 1. The predicted molar refractivity (Wildman–Crippen MR) is 122 cm³/mol. The van der Waals surface area contributed by atoms with Gasteiger partial charge in [-0.1, -0.05) is 0 Å². The molecule has 34 heavy (non-hydrogen) atoms. The maximum atomic E-state index is 13.5. The van der Waals surface area contributed by atoms with Gasteiger partial charge in [-0.05, 0) is 31.6 Å². The average molecular weight is 472 g/mol. The van der Waals surface area contributed by atoms with Crippen molar-refractivity contribution in [1.82, 2.24) is 24.4 Å². The Labute approximate surface area is 199 Å². The Kier molecular flexibility index (Phi) is 6.80. The standard InChI is InChI=1S/C24H33N5O5/c1-28-16-25-14-20(28)22-26-19(13-21(27-22)32-15-17-5-9-31-10-6-17)23(30)29(2)18-3-7-24(8-4-18)33-11-12-34-24/h13-14,16-18H,3-12,15H2,1-2H3.